The van der Waals surface area contributed by atoms with Gasteiger partial charge in [0.05, 0.1) is 22.5 Å². The van der Waals surface area contributed by atoms with Gasteiger partial charge in [-0.05, 0) is 68.5 Å². The number of aryl methyl sites for hydroxylation is 1. The molecule has 0 aliphatic rings. The second-order valence-electron chi connectivity index (χ2n) is 9.71. The van der Waals surface area contributed by atoms with Crippen LogP contribution in [0.2, 0.25) is 0 Å². The van der Waals surface area contributed by atoms with Crippen LogP contribution in [0.3, 0.4) is 0 Å². The molecule has 0 saturated heterocycles. The van der Waals surface area contributed by atoms with Crippen LogP contribution in [0.5, 0.6) is 0 Å². The number of carbonyl (C=O) groups excluding carboxylic acids is 2. The molecule has 10 heteroatoms. The first-order valence-corrected chi connectivity index (χ1v) is 12.9. The van der Waals surface area contributed by atoms with Crippen LogP contribution < -0.4 is 21.7 Å². The van der Waals surface area contributed by atoms with Gasteiger partial charge >= 0.3 is 12.1 Å². The number of benzene rings is 2. The third kappa shape index (κ3) is 7.03. The van der Waals surface area contributed by atoms with Gasteiger partial charge in [0.1, 0.15) is 17.2 Å². The van der Waals surface area contributed by atoms with Crippen molar-refractivity contribution >= 4 is 50.7 Å². The number of rotatable bonds is 4. The van der Waals surface area contributed by atoms with E-state index in [9.17, 15) is 14.0 Å². The molecule has 0 unspecified atom stereocenters. The van der Waals surface area contributed by atoms with Gasteiger partial charge in [-0.1, -0.05) is 30.0 Å². The number of ether oxygens (including phenoxy) is 1. The molecule has 0 bridgehead atoms. The predicted octanol–water partition coefficient (Wildman–Crippen LogP) is 6.51. The maximum absolute atomic E-state index is 14.0. The quantitative estimate of drug-likeness (QED) is 0.218. The number of nitrogens with one attached hydrogen (secondary N) is 3. The van der Waals surface area contributed by atoms with E-state index < -0.39 is 23.5 Å². The summed E-state index contributed by atoms with van der Waals surface area (Å²) in [6, 6.07) is 11.2. The van der Waals surface area contributed by atoms with E-state index >= 15 is 0 Å². The number of thiophene rings is 1. The molecule has 0 fully saturated rings. The van der Waals surface area contributed by atoms with Crippen molar-refractivity contribution in [2.75, 3.05) is 22.9 Å². The standard InChI is InChI=1S/C29H28FN5O3S/c1-17-7-12-22(30)23(14-17)35-27(36)34-20-10-8-18(9-11-20)21-16-39-25-19(15-33-26(31)24(21)25)6-5-13-32-28(37)38-29(2,3)4/h7-12,14-16H,13H2,1-4H3,(H2,31,33)(H,32,37)(H2,34,35,36). The van der Waals surface area contributed by atoms with Gasteiger partial charge in [0, 0.05) is 22.8 Å². The van der Waals surface area contributed by atoms with Crippen molar-refractivity contribution in [2.24, 2.45) is 0 Å². The molecule has 8 nitrogen and oxygen atoms in total. The van der Waals surface area contributed by atoms with Crippen molar-refractivity contribution in [1.82, 2.24) is 10.3 Å². The van der Waals surface area contributed by atoms with E-state index in [0.717, 1.165) is 26.8 Å². The van der Waals surface area contributed by atoms with Crippen molar-refractivity contribution in [3.63, 3.8) is 0 Å². The Balaban J connectivity index is 1.47. The molecule has 4 rings (SSSR count). The predicted molar refractivity (Wildman–Crippen MR) is 154 cm³/mol. The molecule has 0 saturated carbocycles. The van der Waals surface area contributed by atoms with Gasteiger partial charge in [0.2, 0.25) is 0 Å². The molecule has 0 atom stereocenters. The van der Waals surface area contributed by atoms with E-state index in [1.54, 1.807) is 51.2 Å². The highest BCUT2D eigenvalue weighted by molar-refractivity contribution is 7.18. The van der Waals surface area contributed by atoms with E-state index in [0.29, 0.717) is 17.1 Å². The Morgan fingerprint density at radius 3 is 2.59 bits per heavy atom. The average Bonchev–Trinajstić information content (AvgIpc) is 3.31. The fourth-order valence-corrected chi connectivity index (χ4v) is 4.74. The molecule has 5 N–H and O–H groups in total. The van der Waals surface area contributed by atoms with Crippen LogP contribution in [0.25, 0.3) is 21.2 Å². The number of hydrogen-bond acceptors (Lipinski definition) is 6. The Morgan fingerprint density at radius 2 is 1.87 bits per heavy atom. The maximum Gasteiger partial charge on any atom is 0.408 e. The van der Waals surface area contributed by atoms with Crippen molar-refractivity contribution in [2.45, 2.75) is 33.3 Å². The highest BCUT2D eigenvalue weighted by Crippen LogP contribution is 2.38. The number of nitrogen functional groups attached to an aromatic ring is 1. The molecule has 3 amide bonds. The number of nitrogens with zero attached hydrogens (tertiary/aromatic N) is 1. The van der Waals surface area contributed by atoms with E-state index in [4.69, 9.17) is 10.5 Å². The van der Waals surface area contributed by atoms with Gasteiger partial charge in [-0.15, -0.1) is 11.3 Å². The van der Waals surface area contributed by atoms with Gasteiger partial charge in [-0.3, -0.25) is 0 Å². The number of nitrogens with two attached hydrogens (primary N) is 1. The lowest BCUT2D eigenvalue weighted by molar-refractivity contribution is 0.0535. The first-order chi connectivity index (χ1) is 18.5. The van der Waals surface area contributed by atoms with Crippen LogP contribution in [-0.4, -0.2) is 29.3 Å². The highest BCUT2D eigenvalue weighted by Gasteiger charge is 2.16. The number of aromatic nitrogens is 1. The number of anilines is 3. The number of carbonyl (C=O) groups is 2. The summed E-state index contributed by atoms with van der Waals surface area (Å²) in [6.45, 7) is 7.31. The number of hydrogen-bond donors (Lipinski definition) is 4. The third-order valence-electron chi connectivity index (χ3n) is 5.39. The molecule has 200 valence electrons. The molecule has 0 aliphatic carbocycles. The van der Waals surface area contributed by atoms with Crippen molar-refractivity contribution in [3.05, 3.63) is 71.0 Å². The molecule has 0 spiro atoms. The van der Waals surface area contributed by atoms with E-state index in [1.165, 1.54) is 17.4 Å². The number of fused-ring (bicyclic) bond motifs is 1. The summed E-state index contributed by atoms with van der Waals surface area (Å²) >= 11 is 1.49. The van der Waals surface area contributed by atoms with E-state index in [1.807, 2.05) is 24.4 Å². The van der Waals surface area contributed by atoms with Crippen LogP contribution in [0.15, 0.2) is 54.0 Å². The first kappa shape index (κ1) is 27.4. The minimum atomic E-state index is -0.584. The van der Waals surface area contributed by atoms with Crippen LogP contribution in [-0.2, 0) is 4.74 Å². The summed E-state index contributed by atoms with van der Waals surface area (Å²) in [6.07, 6.45) is 1.08. The number of alkyl carbamates (subject to hydrolysis) is 1. The first-order valence-electron chi connectivity index (χ1n) is 12.1. The zero-order chi connectivity index (χ0) is 28.2. The Hall–Kier alpha value is -4.62. The van der Waals surface area contributed by atoms with Crippen molar-refractivity contribution in [3.8, 4) is 23.0 Å². The zero-order valence-electron chi connectivity index (χ0n) is 21.9. The minimum Gasteiger partial charge on any atom is -0.444 e. The van der Waals surface area contributed by atoms with Gasteiger partial charge in [0.15, 0.2) is 0 Å². The summed E-state index contributed by atoms with van der Waals surface area (Å²) in [5.41, 5.74) is 9.58. The normalized spacial score (nSPS) is 10.9. The fraction of sp³-hybridized carbons (Fsp3) is 0.207. The zero-order valence-corrected chi connectivity index (χ0v) is 22.8. The molecule has 0 radical (unpaired) electrons. The average molecular weight is 546 g/mol. The van der Waals surface area contributed by atoms with Gasteiger partial charge in [-0.25, -0.2) is 19.0 Å². The Kier molecular flexibility index (Phi) is 8.02. The molecular formula is C29H28FN5O3S. The number of amides is 3. The molecule has 2 heterocycles. The van der Waals surface area contributed by atoms with Crippen molar-refractivity contribution in [1.29, 1.82) is 0 Å². The van der Waals surface area contributed by atoms with E-state index in [2.05, 4.69) is 32.8 Å². The largest absolute Gasteiger partial charge is 0.444 e. The Bertz CT molecular complexity index is 1600. The highest BCUT2D eigenvalue weighted by atomic mass is 32.1. The van der Waals surface area contributed by atoms with Gasteiger partial charge in [0.25, 0.3) is 0 Å². The number of halogens is 1. The Morgan fingerprint density at radius 1 is 1.13 bits per heavy atom. The van der Waals surface area contributed by atoms with Crippen LogP contribution in [0.4, 0.5) is 31.2 Å². The second-order valence-corrected chi connectivity index (χ2v) is 10.6. The maximum atomic E-state index is 14.0. The van der Waals surface area contributed by atoms with Crippen LogP contribution in [0, 0.1) is 24.6 Å². The fourth-order valence-electron chi connectivity index (χ4n) is 3.69. The summed E-state index contributed by atoms with van der Waals surface area (Å²) in [7, 11) is 0. The second kappa shape index (κ2) is 11.4. The molecule has 4 aromatic rings. The van der Waals surface area contributed by atoms with E-state index in [-0.39, 0.29) is 12.2 Å². The molecule has 2 aromatic heterocycles. The summed E-state index contributed by atoms with van der Waals surface area (Å²) in [5, 5.41) is 10.6. The van der Waals surface area contributed by atoms with Crippen LogP contribution in [0.1, 0.15) is 31.9 Å². The lowest BCUT2D eigenvalue weighted by Crippen LogP contribution is -2.32. The van der Waals surface area contributed by atoms with Gasteiger partial charge in [-0.2, -0.15) is 0 Å². The smallest absolute Gasteiger partial charge is 0.408 e. The molecule has 2 aromatic carbocycles. The SMILES string of the molecule is Cc1ccc(F)c(NC(=O)Nc2ccc(-c3csc4c(C#CCNC(=O)OC(C)(C)C)cnc(N)c34)cc2)c1. The minimum absolute atomic E-state index is 0.108. The molecule has 39 heavy (non-hydrogen) atoms. The molecular weight excluding hydrogens is 517 g/mol. The third-order valence-corrected chi connectivity index (χ3v) is 6.40. The summed E-state index contributed by atoms with van der Waals surface area (Å²) < 4.78 is 20.0. The summed E-state index contributed by atoms with van der Waals surface area (Å²) in [4.78, 5) is 28.5. The monoisotopic (exact) mass is 545 g/mol. The lowest BCUT2D eigenvalue weighted by Gasteiger charge is -2.18. The number of pyridine rings is 1. The summed E-state index contributed by atoms with van der Waals surface area (Å²) in [5.74, 6) is 5.84. The topological polar surface area (TPSA) is 118 Å². The number of urea groups is 1. The lowest BCUT2D eigenvalue weighted by atomic mass is 10.0. The Labute approximate surface area is 229 Å². The van der Waals surface area contributed by atoms with Crippen molar-refractivity contribution < 1.29 is 18.7 Å². The van der Waals surface area contributed by atoms with Crippen LogP contribution >= 0.6 is 11.3 Å². The van der Waals surface area contributed by atoms with Gasteiger partial charge < -0.3 is 26.4 Å². The molecule has 0 aliphatic heterocycles.